The van der Waals surface area contributed by atoms with Crippen LogP contribution in [0, 0.1) is 28.9 Å². The third-order valence-electron chi connectivity index (χ3n) is 7.32. The van der Waals surface area contributed by atoms with E-state index in [1.165, 1.54) is 11.0 Å². The van der Waals surface area contributed by atoms with E-state index in [9.17, 15) is 28.4 Å². The summed E-state index contributed by atoms with van der Waals surface area (Å²) in [6.45, 7) is 5.31. The van der Waals surface area contributed by atoms with Crippen molar-refractivity contribution in [2.24, 2.45) is 5.92 Å². The number of rotatable bonds is 4. The van der Waals surface area contributed by atoms with Gasteiger partial charge in [-0.15, -0.1) is 0 Å². The Bertz CT molecular complexity index is 1550. The molecule has 2 fully saturated rings. The van der Waals surface area contributed by atoms with Crippen molar-refractivity contribution >= 4 is 33.7 Å². The van der Waals surface area contributed by atoms with Gasteiger partial charge in [0.05, 0.1) is 11.6 Å². The number of pyridine rings is 1. The summed E-state index contributed by atoms with van der Waals surface area (Å²) in [4.78, 5) is 42.8. The zero-order valence-electron chi connectivity index (χ0n) is 21.3. The lowest BCUT2D eigenvalue weighted by Gasteiger charge is -2.35. The summed E-state index contributed by atoms with van der Waals surface area (Å²) in [7, 11) is 0. The van der Waals surface area contributed by atoms with E-state index in [1.54, 1.807) is 39.0 Å². The number of H-pyrrole nitrogens is 1. The monoisotopic (exact) mass is 522 g/mol. The molecule has 2 bridgehead atoms. The highest BCUT2D eigenvalue weighted by molar-refractivity contribution is 6.05. The zero-order chi connectivity index (χ0) is 27.4. The van der Waals surface area contributed by atoms with Gasteiger partial charge in [0.2, 0.25) is 5.91 Å². The second-order valence-electron chi connectivity index (χ2n) is 11.1. The van der Waals surface area contributed by atoms with Crippen molar-refractivity contribution in [1.82, 2.24) is 15.2 Å². The maximum atomic E-state index is 14.2. The van der Waals surface area contributed by atoms with E-state index in [0.717, 1.165) is 25.3 Å². The molecular weight excluding hydrogens is 494 g/mol. The first-order valence-electron chi connectivity index (χ1n) is 12.6. The molecule has 2 N–H and O–H groups in total. The van der Waals surface area contributed by atoms with Crippen LogP contribution in [0.15, 0.2) is 35.1 Å². The van der Waals surface area contributed by atoms with Gasteiger partial charge in [-0.3, -0.25) is 14.5 Å². The minimum Gasteiger partial charge on any atom is -0.444 e. The highest BCUT2D eigenvalue weighted by Gasteiger charge is 2.52. The number of carbonyl (C=O) groups excluding carboxylic acids is 2. The summed E-state index contributed by atoms with van der Waals surface area (Å²) in [5.41, 5.74) is -0.896. The van der Waals surface area contributed by atoms with Crippen LogP contribution in [0.1, 0.15) is 45.6 Å². The van der Waals surface area contributed by atoms with Crippen molar-refractivity contribution in [3.63, 3.8) is 0 Å². The molecule has 4 unspecified atom stereocenters. The largest absolute Gasteiger partial charge is 0.444 e. The van der Waals surface area contributed by atoms with Gasteiger partial charge in [-0.05, 0) is 75.1 Å². The van der Waals surface area contributed by atoms with Crippen LogP contribution in [0.3, 0.4) is 0 Å². The Labute approximate surface area is 217 Å². The quantitative estimate of drug-likeness (QED) is 0.496. The fourth-order valence-corrected chi connectivity index (χ4v) is 5.74. The minimum atomic E-state index is -1.13. The maximum Gasteiger partial charge on any atom is 0.411 e. The molecule has 10 heteroatoms. The number of benzene rings is 2. The molecule has 0 spiro atoms. The van der Waals surface area contributed by atoms with Crippen LogP contribution < -0.4 is 10.9 Å². The third kappa shape index (κ3) is 4.57. The number of amides is 2. The Hall–Kier alpha value is -4.00. The van der Waals surface area contributed by atoms with Crippen LogP contribution in [0.5, 0.6) is 0 Å². The Morgan fingerprint density at radius 2 is 1.92 bits per heavy atom. The number of fused-ring (bicyclic) bond motifs is 5. The predicted molar refractivity (Wildman–Crippen MR) is 136 cm³/mol. The van der Waals surface area contributed by atoms with Crippen molar-refractivity contribution in [1.29, 1.82) is 5.26 Å². The molecule has 1 aromatic heterocycles. The number of nitriles is 1. The first kappa shape index (κ1) is 25.6. The van der Waals surface area contributed by atoms with Crippen LogP contribution in [-0.4, -0.2) is 45.6 Å². The number of carbonyl (C=O) groups is 2. The van der Waals surface area contributed by atoms with Gasteiger partial charge in [0.15, 0.2) is 11.6 Å². The highest BCUT2D eigenvalue weighted by atomic mass is 19.2. The van der Waals surface area contributed by atoms with Gasteiger partial charge in [-0.1, -0.05) is 12.1 Å². The molecule has 1 saturated heterocycles. The molecule has 3 aromatic rings. The van der Waals surface area contributed by atoms with Crippen molar-refractivity contribution < 1.29 is 23.1 Å². The third-order valence-corrected chi connectivity index (χ3v) is 7.32. The number of hydrogen-bond donors (Lipinski definition) is 2. The smallest absolute Gasteiger partial charge is 0.411 e. The molecule has 2 amide bonds. The molecule has 2 aliphatic rings. The van der Waals surface area contributed by atoms with Gasteiger partial charge in [0.1, 0.15) is 17.7 Å². The highest BCUT2D eigenvalue weighted by Crippen LogP contribution is 2.43. The van der Waals surface area contributed by atoms with Gasteiger partial charge in [-0.2, -0.15) is 5.26 Å². The van der Waals surface area contributed by atoms with E-state index in [-0.39, 0.29) is 29.3 Å². The average molecular weight is 523 g/mol. The molecule has 5 rings (SSSR count). The Balaban J connectivity index is 1.37. The molecule has 198 valence electrons. The van der Waals surface area contributed by atoms with Crippen molar-refractivity contribution in [2.75, 3.05) is 0 Å². The van der Waals surface area contributed by atoms with E-state index in [1.807, 2.05) is 0 Å². The number of ether oxygens (including phenoxy) is 1. The number of piperidine rings is 1. The number of aromatic amines is 1. The zero-order valence-corrected chi connectivity index (χ0v) is 21.3. The summed E-state index contributed by atoms with van der Waals surface area (Å²) in [6.07, 6.45) is 1.94. The summed E-state index contributed by atoms with van der Waals surface area (Å²) in [5.74, 6) is -2.59. The molecular formula is C28H28F2N4O4. The van der Waals surface area contributed by atoms with Crippen LogP contribution in [0.2, 0.25) is 0 Å². The molecule has 1 aliphatic heterocycles. The SMILES string of the molecule is CC(C)(C)OC(=O)N1C2CCC(C2)C1C(=O)NC(C#N)Cc1ccc2c(c1)c(=O)[nH]c1c(F)c(F)ccc12. The van der Waals surface area contributed by atoms with Crippen LogP contribution in [0.25, 0.3) is 21.7 Å². The summed E-state index contributed by atoms with van der Waals surface area (Å²) < 4.78 is 33.4. The van der Waals surface area contributed by atoms with Crippen LogP contribution in [-0.2, 0) is 16.0 Å². The van der Waals surface area contributed by atoms with E-state index < -0.39 is 46.9 Å². The summed E-state index contributed by atoms with van der Waals surface area (Å²) >= 11 is 0. The number of hydrogen-bond acceptors (Lipinski definition) is 5. The number of nitrogens with one attached hydrogen (secondary N) is 2. The minimum absolute atomic E-state index is 0.00426. The van der Waals surface area contributed by atoms with Gasteiger partial charge >= 0.3 is 6.09 Å². The van der Waals surface area contributed by atoms with Crippen molar-refractivity contribution in [2.45, 2.75) is 70.2 Å². The molecule has 2 aromatic carbocycles. The first-order chi connectivity index (χ1) is 18.0. The van der Waals surface area contributed by atoms with Crippen LogP contribution >= 0.6 is 0 Å². The lowest BCUT2D eigenvalue weighted by atomic mass is 9.97. The molecule has 1 aliphatic carbocycles. The van der Waals surface area contributed by atoms with Crippen molar-refractivity contribution in [3.05, 3.63) is 57.9 Å². The standard InChI is InChI=1S/C28H28F2N4O4/c1-28(2,3)38-27(37)34-17-6-5-15(12-17)24(34)26(36)32-16(13-31)10-14-4-7-18-19-8-9-21(29)22(30)23(19)33-25(35)20(18)11-14/h4,7-9,11,15-17,24H,5-6,10,12H2,1-3H3,(H,32,36)(H,33,35). The normalized spacial score (nSPS) is 21.5. The van der Waals surface area contributed by atoms with E-state index in [0.29, 0.717) is 16.3 Å². The molecule has 2 heterocycles. The number of likely N-dealkylation sites (tertiary alicyclic amines) is 1. The molecule has 38 heavy (non-hydrogen) atoms. The fraction of sp³-hybridized carbons (Fsp3) is 0.429. The summed E-state index contributed by atoms with van der Waals surface area (Å²) in [6, 6.07) is 7.69. The van der Waals surface area contributed by atoms with E-state index in [4.69, 9.17) is 4.74 Å². The summed E-state index contributed by atoms with van der Waals surface area (Å²) in [5, 5.41) is 13.6. The number of nitrogens with zero attached hydrogens (tertiary/aromatic N) is 2. The lowest BCUT2D eigenvalue weighted by molar-refractivity contribution is -0.128. The maximum absolute atomic E-state index is 14.2. The van der Waals surface area contributed by atoms with Gasteiger partial charge in [0.25, 0.3) is 5.56 Å². The topological polar surface area (TPSA) is 115 Å². The Morgan fingerprint density at radius 1 is 1.18 bits per heavy atom. The van der Waals surface area contributed by atoms with Gasteiger partial charge < -0.3 is 15.0 Å². The molecule has 8 nitrogen and oxygen atoms in total. The fourth-order valence-electron chi connectivity index (χ4n) is 5.74. The van der Waals surface area contributed by atoms with E-state index >= 15 is 0 Å². The average Bonchev–Trinajstić information content (AvgIpc) is 3.47. The van der Waals surface area contributed by atoms with Gasteiger partial charge in [-0.25, -0.2) is 13.6 Å². The Morgan fingerprint density at radius 3 is 2.63 bits per heavy atom. The second-order valence-corrected chi connectivity index (χ2v) is 11.1. The molecule has 4 atom stereocenters. The number of aromatic nitrogens is 1. The van der Waals surface area contributed by atoms with Gasteiger partial charge in [0, 0.05) is 23.2 Å². The molecule has 0 radical (unpaired) electrons. The predicted octanol–water partition coefficient (Wildman–Crippen LogP) is 4.30. The van der Waals surface area contributed by atoms with Crippen molar-refractivity contribution in [3.8, 4) is 6.07 Å². The van der Waals surface area contributed by atoms with E-state index in [2.05, 4.69) is 16.4 Å². The second kappa shape index (κ2) is 9.39. The Kier molecular flexibility index (Phi) is 6.33. The molecule has 1 saturated carbocycles. The van der Waals surface area contributed by atoms with Crippen LogP contribution in [0.4, 0.5) is 13.6 Å². The lowest BCUT2D eigenvalue weighted by Crippen LogP contribution is -2.55. The number of halogens is 2. The first-order valence-corrected chi connectivity index (χ1v) is 12.6.